The van der Waals surface area contributed by atoms with Crippen LogP contribution >= 0.6 is 0 Å². The maximum atomic E-state index is 13.5. The van der Waals surface area contributed by atoms with Crippen molar-refractivity contribution in [2.24, 2.45) is 11.8 Å². The van der Waals surface area contributed by atoms with Gasteiger partial charge in [-0.2, -0.15) is 0 Å². The predicted octanol–water partition coefficient (Wildman–Crippen LogP) is 3.24. The van der Waals surface area contributed by atoms with Gasteiger partial charge in [0.05, 0.1) is 5.92 Å². The van der Waals surface area contributed by atoms with Gasteiger partial charge in [0.1, 0.15) is 0 Å². The number of benzene rings is 2. The molecule has 2 aromatic carbocycles. The Morgan fingerprint density at radius 1 is 0.806 bits per heavy atom. The number of para-hydroxylation sites is 2. The monoisotopic (exact) mass is 488 g/mol. The van der Waals surface area contributed by atoms with E-state index >= 15 is 0 Å². The van der Waals surface area contributed by atoms with Crippen LogP contribution in [-0.2, 0) is 20.8 Å². The lowest BCUT2D eigenvalue weighted by molar-refractivity contribution is -0.135. The van der Waals surface area contributed by atoms with Gasteiger partial charge in [0.2, 0.25) is 17.7 Å². The van der Waals surface area contributed by atoms with Gasteiger partial charge in [-0.1, -0.05) is 49.2 Å². The van der Waals surface area contributed by atoms with Gasteiger partial charge in [-0.05, 0) is 43.0 Å². The first-order chi connectivity index (χ1) is 17.6. The number of fused-ring (bicyclic) bond motifs is 1. The molecule has 7 heteroatoms. The standard InChI is InChI=1S/C29H36N4O3/c34-27(32-20-18-31(19-21-32)23-9-2-1-3-10-23)14-16-30-28(35)24-11-5-6-12-25(24)29(36)33-17-15-22-8-4-7-13-26(22)33/h1-4,7-10,13,24-25H,5-6,11-12,14-21H2,(H,30,35). The molecule has 0 bridgehead atoms. The van der Waals surface area contributed by atoms with E-state index in [0.717, 1.165) is 50.9 Å². The zero-order valence-electron chi connectivity index (χ0n) is 20.9. The number of nitrogens with zero attached hydrogens (tertiary/aromatic N) is 3. The maximum absolute atomic E-state index is 13.5. The Bertz CT molecular complexity index is 1080. The molecule has 3 aliphatic rings. The minimum absolute atomic E-state index is 0.0761. The van der Waals surface area contributed by atoms with Crippen molar-refractivity contribution in [3.8, 4) is 0 Å². The van der Waals surface area contributed by atoms with Gasteiger partial charge in [-0.15, -0.1) is 0 Å². The fourth-order valence-corrected chi connectivity index (χ4v) is 5.94. The maximum Gasteiger partial charge on any atom is 0.230 e. The third-order valence-corrected chi connectivity index (χ3v) is 7.96. The van der Waals surface area contributed by atoms with Crippen molar-refractivity contribution in [2.75, 3.05) is 49.1 Å². The van der Waals surface area contributed by atoms with Gasteiger partial charge < -0.3 is 20.0 Å². The van der Waals surface area contributed by atoms with Crippen LogP contribution in [0.4, 0.5) is 11.4 Å². The largest absolute Gasteiger partial charge is 0.368 e. The second-order valence-corrected chi connectivity index (χ2v) is 10.1. The smallest absolute Gasteiger partial charge is 0.230 e. The molecule has 7 nitrogen and oxygen atoms in total. The van der Waals surface area contributed by atoms with Crippen LogP contribution in [0.3, 0.4) is 0 Å². The Labute approximate surface area is 213 Å². The lowest BCUT2D eigenvalue weighted by atomic mass is 9.77. The third kappa shape index (κ3) is 5.25. The topological polar surface area (TPSA) is 73.0 Å². The molecule has 1 aliphatic carbocycles. The van der Waals surface area contributed by atoms with Gasteiger partial charge in [-0.25, -0.2) is 0 Å². The van der Waals surface area contributed by atoms with E-state index in [2.05, 4.69) is 28.4 Å². The Morgan fingerprint density at radius 3 is 2.28 bits per heavy atom. The Morgan fingerprint density at radius 2 is 1.50 bits per heavy atom. The minimum Gasteiger partial charge on any atom is -0.368 e. The fourth-order valence-electron chi connectivity index (χ4n) is 5.94. The summed E-state index contributed by atoms with van der Waals surface area (Å²) in [5, 5.41) is 2.98. The number of anilines is 2. The molecule has 1 saturated heterocycles. The van der Waals surface area contributed by atoms with E-state index in [1.165, 1.54) is 11.3 Å². The number of piperazine rings is 1. The number of amides is 3. The number of hydrogen-bond acceptors (Lipinski definition) is 4. The summed E-state index contributed by atoms with van der Waals surface area (Å²) in [6.07, 6.45) is 4.58. The normalized spacial score (nSPS) is 21.7. The fraction of sp³-hybridized carbons (Fsp3) is 0.483. The average molecular weight is 489 g/mol. The van der Waals surface area contributed by atoms with Crippen LogP contribution in [0.25, 0.3) is 0 Å². The van der Waals surface area contributed by atoms with Crippen LogP contribution in [0.2, 0.25) is 0 Å². The molecule has 36 heavy (non-hydrogen) atoms. The molecule has 3 amide bonds. The molecule has 2 aliphatic heterocycles. The number of rotatable bonds is 6. The van der Waals surface area contributed by atoms with Crippen LogP contribution in [0.15, 0.2) is 54.6 Å². The zero-order valence-corrected chi connectivity index (χ0v) is 20.9. The minimum atomic E-state index is -0.316. The molecule has 1 saturated carbocycles. The van der Waals surface area contributed by atoms with Crippen molar-refractivity contribution in [3.05, 3.63) is 60.2 Å². The van der Waals surface area contributed by atoms with Gasteiger partial charge in [0, 0.05) is 63.0 Å². The van der Waals surface area contributed by atoms with Crippen molar-refractivity contribution >= 4 is 29.1 Å². The Balaban J connectivity index is 1.10. The average Bonchev–Trinajstić information content (AvgIpc) is 3.37. The lowest BCUT2D eigenvalue weighted by Gasteiger charge is -2.36. The Hall–Kier alpha value is -3.35. The summed E-state index contributed by atoms with van der Waals surface area (Å²) in [4.78, 5) is 45.4. The molecule has 2 aromatic rings. The van der Waals surface area contributed by atoms with Gasteiger partial charge in [0.15, 0.2) is 0 Å². The van der Waals surface area contributed by atoms with Crippen molar-refractivity contribution in [1.29, 1.82) is 0 Å². The summed E-state index contributed by atoms with van der Waals surface area (Å²) in [6.45, 7) is 4.02. The molecule has 5 rings (SSSR count). The Kier molecular flexibility index (Phi) is 7.54. The van der Waals surface area contributed by atoms with Crippen molar-refractivity contribution < 1.29 is 14.4 Å². The molecule has 0 radical (unpaired) electrons. The van der Waals surface area contributed by atoms with Crippen molar-refractivity contribution in [3.63, 3.8) is 0 Å². The van der Waals surface area contributed by atoms with Crippen LogP contribution in [0.1, 0.15) is 37.7 Å². The molecule has 2 heterocycles. The van der Waals surface area contributed by atoms with Crippen molar-refractivity contribution in [2.45, 2.75) is 38.5 Å². The van der Waals surface area contributed by atoms with Gasteiger partial charge in [-0.3, -0.25) is 14.4 Å². The van der Waals surface area contributed by atoms with Gasteiger partial charge in [0.25, 0.3) is 0 Å². The summed E-state index contributed by atoms with van der Waals surface area (Å²) in [6, 6.07) is 18.3. The molecule has 2 atom stereocenters. The van der Waals surface area contributed by atoms with E-state index in [0.29, 0.717) is 32.6 Å². The van der Waals surface area contributed by atoms with E-state index in [9.17, 15) is 14.4 Å². The van der Waals surface area contributed by atoms with Crippen LogP contribution < -0.4 is 15.1 Å². The number of carbonyl (C=O) groups is 3. The summed E-state index contributed by atoms with van der Waals surface area (Å²) in [5.74, 6) is -0.530. The zero-order chi connectivity index (χ0) is 24.9. The number of hydrogen-bond donors (Lipinski definition) is 1. The van der Waals surface area contributed by atoms with Crippen LogP contribution in [-0.4, -0.2) is 61.9 Å². The SMILES string of the molecule is O=C(NCCC(=O)N1CCN(c2ccccc2)CC1)C1CCCCC1C(=O)N1CCc2ccccc21. The second kappa shape index (κ2) is 11.1. The first-order valence-corrected chi connectivity index (χ1v) is 13.4. The summed E-state index contributed by atoms with van der Waals surface area (Å²) >= 11 is 0. The van der Waals surface area contributed by atoms with Gasteiger partial charge >= 0.3 is 0 Å². The van der Waals surface area contributed by atoms with Crippen LogP contribution in [0.5, 0.6) is 0 Å². The molecule has 2 unspecified atom stereocenters. The lowest BCUT2D eigenvalue weighted by Crippen LogP contribution is -2.49. The number of nitrogens with one attached hydrogen (secondary N) is 1. The summed E-state index contributed by atoms with van der Waals surface area (Å²) in [5.41, 5.74) is 3.38. The van der Waals surface area contributed by atoms with Crippen LogP contribution in [0, 0.1) is 11.8 Å². The first-order valence-electron chi connectivity index (χ1n) is 13.4. The molecule has 1 N–H and O–H groups in total. The highest BCUT2D eigenvalue weighted by molar-refractivity contribution is 5.99. The highest BCUT2D eigenvalue weighted by Gasteiger charge is 2.39. The summed E-state index contributed by atoms with van der Waals surface area (Å²) in [7, 11) is 0. The first kappa shape index (κ1) is 24.3. The van der Waals surface area contributed by atoms with E-state index in [-0.39, 0.29) is 29.6 Å². The molecule has 190 valence electrons. The van der Waals surface area contributed by atoms with E-state index in [4.69, 9.17) is 0 Å². The van der Waals surface area contributed by atoms with E-state index in [1.54, 1.807) is 0 Å². The highest BCUT2D eigenvalue weighted by Crippen LogP contribution is 2.36. The molecule has 2 fully saturated rings. The van der Waals surface area contributed by atoms with E-state index < -0.39 is 0 Å². The van der Waals surface area contributed by atoms with E-state index in [1.807, 2.05) is 46.2 Å². The number of carbonyl (C=O) groups excluding carboxylic acids is 3. The molecular weight excluding hydrogens is 452 g/mol. The quantitative estimate of drug-likeness (QED) is 0.678. The third-order valence-electron chi connectivity index (χ3n) is 7.96. The molecular formula is C29H36N4O3. The summed E-state index contributed by atoms with van der Waals surface area (Å²) < 4.78 is 0. The molecule has 0 aromatic heterocycles. The predicted molar refractivity (Wildman–Crippen MR) is 141 cm³/mol. The molecule has 0 spiro atoms. The second-order valence-electron chi connectivity index (χ2n) is 10.1. The van der Waals surface area contributed by atoms with Crippen molar-refractivity contribution in [1.82, 2.24) is 10.2 Å². The highest BCUT2D eigenvalue weighted by atomic mass is 16.2.